The zero-order valence-corrected chi connectivity index (χ0v) is 13.8. The molecule has 0 saturated heterocycles. The summed E-state index contributed by atoms with van der Waals surface area (Å²) < 4.78 is 2.24. The van der Waals surface area contributed by atoms with E-state index >= 15 is 0 Å². The van der Waals surface area contributed by atoms with Gasteiger partial charge in [-0.2, -0.15) is 0 Å². The van der Waals surface area contributed by atoms with E-state index in [0.29, 0.717) is 12.1 Å². The van der Waals surface area contributed by atoms with Crippen LogP contribution in [0.3, 0.4) is 0 Å². The number of hydrogen-bond acceptors (Lipinski definition) is 2. The number of nitrogens with two attached hydrogens (primary N) is 1. The van der Waals surface area contributed by atoms with Crippen LogP contribution >= 0.6 is 0 Å². The van der Waals surface area contributed by atoms with E-state index in [4.69, 9.17) is 5.73 Å². The maximum absolute atomic E-state index is 11.4. The normalized spacial score (nSPS) is 11.3. The molecule has 0 fully saturated rings. The maximum Gasteiger partial charge on any atom is 0.336 e. The van der Waals surface area contributed by atoms with E-state index in [1.165, 1.54) is 16.6 Å². The Hall–Kier alpha value is -1.81. The summed E-state index contributed by atoms with van der Waals surface area (Å²) in [5.41, 5.74) is 10.5. The Balaban J connectivity index is 2.65. The van der Waals surface area contributed by atoms with E-state index in [0.717, 1.165) is 43.3 Å². The van der Waals surface area contributed by atoms with E-state index in [2.05, 4.69) is 18.4 Å². The minimum atomic E-state index is -0.862. The van der Waals surface area contributed by atoms with E-state index in [9.17, 15) is 9.90 Å². The molecule has 2 rings (SSSR count). The van der Waals surface area contributed by atoms with E-state index in [1.807, 2.05) is 19.1 Å². The molecule has 0 amide bonds. The van der Waals surface area contributed by atoms with Crippen LogP contribution < -0.4 is 5.73 Å². The average molecular weight is 302 g/mol. The molecule has 0 aliphatic heterocycles. The first-order valence-corrected chi connectivity index (χ1v) is 8.06. The standard InChI is InChI=1S/C18H26N2O2/c1-4-5-7-14-13(3)20(9-6-8-19)17-11-15(18(21)22)12(2)10-16(14)17/h10-11H,4-9,19H2,1-3H3,(H,21,22). The Bertz CT molecular complexity index is 686. The van der Waals surface area contributed by atoms with Crippen LogP contribution in [0.2, 0.25) is 0 Å². The zero-order valence-electron chi connectivity index (χ0n) is 13.8. The van der Waals surface area contributed by atoms with Crippen LogP contribution in [-0.2, 0) is 13.0 Å². The van der Waals surface area contributed by atoms with Gasteiger partial charge in [0.05, 0.1) is 5.56 Å². The molecule has 4 nitrogen and oxygen atoms in total. The lowest BCUT2D eigenvalue weighted by Crippen LogP contribution is -2.08. The summed E-state index contributed by atoms with van der Waals surface area (Å²) in [5.74, 6) is -0.862. The van der Waals surface area contributed by atoms with E-state index in [-0.39, 0.29) is 0 Å². The van der Waals surface area contributed by atoms with Gasteiger partial charge in [0.1, 0.15) is 0 Å². The van der Waals surface area contributed by atoms with Gasteiger partial charge >= 0.3 is 5.97 Å². The van der Waals surface area contributed by atoms with Crippen LogP contribution in [0.15, 0.2) is 12.1 Å². The molecule has 4 heteroatoms. The number of unbranched alkanes of at least 4 members (excludes halogenated alkanes) is 1. The van der Waals surface area contributed by atoms with Gasteiger partial charge < -0.3 is 15.4 Å². The lowest BCUT2D eigenvalue weighted by atomic mass is 10.0. The van der Waals surface area contributed by atoms with Crippen LogP contribution in [0, 0.1) is 13.8 Å². The molecule has 22 heavy (non-hydrogen) atoms. The van der Waals surface area contributed by atoms with Crippen LogP contribution in [-0.4, -0.2) is 22.2 Å². The Morgan fingerprint density at radius 3 is 2.59 bits per heavy atom. The molecule has 0 unspecified atom stereocenters. The number of carboxylic acid groups (broad SMARTS) is 1. The molecule has 1 aromatic heterocycles. The molecule has 0 saturated carbocycles. The Morgan fingerprint density at radius 2 is 2.00 bits per heavy atom. The van der Waals surface area contributed by atoms with E-state index < -0.39 is 5.97 Å². The van der Waals surface area contributed by atoms with Gasteiger partial charge in [0.25, 0.3) is 0 Å². The van der Waals surface area contributed by atoms with Crippen LogP contribution in [0.5, 0.6) is 0 Å². The first kappa shape index (κ1) is 16.6. The monoisotopic (exact) mass is 302 g/mol. The van der Waals surface area contributed by atoms with Crippen LogP contribution in [0.4, 0.5) is 0 Å². The smallest absolute Gasteiger partial charge is 0.336 e. The van der Waals surface area contributed by atoms with Gasteiger partial charge in [0.2, 0.25) is 0 Å². The van der Waals surface area contributed by atoms with Crippen LogP contribution in [0.1, 0.15) is 53.4 Å². The largest absolute Gasteiger partial charge is 0.478 e. The predicted molar refractivity (Wildman–Crippen MR) is 90.7 cm³/mol. The van der Waals surface area contributed by atoms with Gasteiger partial charge in [-0.3, -0.25) is 0 Å². The highest BCUT2D eigenvalue weighted by Gasteiger charge is 2.17. The highest BCUT2D eigenvalue weighted by Crippen LogP contribution is 2.30. The second-order valence-electron chi connectivity index (χ2n) is 5.95. The molecule has 0 bridgehead atoms. The van der Waals surface area contributed by atoms with Crippen molar-refractivity contribution in [2.45, 2.75) is 53.0 Å². The van der Waals surface area contributed by atoms with Crippen molar-refractivity contribution in [2.24, 2.45) is 5.73 Å². The lowest BCUT2D eigenvalue weighted by molar-refractivity contribution is 0.0696. The molecule has 0 aliphatic carbocycles. The second-order valence-corrected chi connectivity index (χ2v) is 5.95. The van der Waals surface area contributed by atoms with Gasteiger partial charge in [0.15, 0.2) is 0 Å². The van der Waals surface area contributed by atoms with Gasteiger partial charge in [-0.1, -0.05) is 13.3 Å². The molecule has 1 aromatic carbocycles. The predicted octanol–water partition coefficient (Wildman–Crippen LogP) is 3.65. The molecule has 3 N–H and O–H groups in total. The number of benzene rings is 1. The van der Waals surface area contributed by atoms with Crippen molar-refractivity contribution in [1.82, 2.24) is 4.57 Å². The maximum atomic E-state index is 11.4. The summed E-state index contributed by atoms with van der Waals surface area (Å²) in [5, 5.41) is 10.6. The second kappa shape index (κ2) is 6.97. The van der Waals surface area contributed by atoms with Crippen molar-refractivity contribution < 1.29 is 9.90 Å². The number of aromatic carboxylic acids is 1. The zero-order chi connectivity index (χ0) is 16.3. The van der Waals surface area contributed by atoms with Crippen molar-refractivity contribution in [2.75, 3.05) is 6.54 Å². The van der Waals surface area contributed by atoms with Crippen molar-refractivity contribution >= 4 is 16.9 Å². The molecule has 0 atom stereocenters. The van der Waals surface area contributed by atoms with Gasteiger partial charge in [-0.05, 0) is 62.9 Å². The number of hydrogen-bond donors (Lipinski definition) is 2. The minimum Gasteiger partial charge on any atom is -0.478 e. The third-order valence-corrected chi connectivity index (χ3v) is 4.40. The first-order valence-electron chi connectivity index (χ1n) is 8.06. The highest BCUT2D eigenvalue weighted by atomic mass is 16.4. The molecule has 120 valence electrons. The Kier molecular flexibility index (Phi) is 5.24. The number of rotatable bonds is 7. The molecule has 1 heterocycles. The molecule has 0 radical (unpaired) electrons. The number of fused-ring (bicyclic) bond motifs is 1. The fourth-order valence-electron chi connectivity index (χ4n) is 3.14. The Morgan fingerprint density at radius 1 is 1.27 bits per heavy atom. The fourth-order valence-corrected chi connectivity index (χ4v) is 3.14. The summed E-state index contributed by atoms with van der Waals surface area (Å²) in [6, 6.07) is 3.86. The summed E-state index contributed by atoms with van der Waals surface area (Å²) in [7, 11) is 0. The molecule has 0 aliphatic rings. The number of nitrogens with zero attached hydrogens (tertiary/aromatic N) is 1. The third-order valence-electron chi connectivity index (χ3n) is 4.40. The van der Waals surface area contributed by atoms with Crippen molar-refractivity contribution in [3.63, 3.8) is 0 Å². The van der Waals surface area contributed by atoms with E-state index in [1.54, 1.807) is 0 Å². The SMILES string of the molecule is CCCCc1c(C)n(CCCN)c2cc(C(=O)O)c(C)cc12. The molecular formula is C18H26N2O2. The summed E-state index contributed by atoms with van der Waals surface area (Å²) in [6.07, 6.45) is 4.24. The number of carbonyl (C=O) groups is 1. The van der Waals surface area contributed by atoms with Gasteiger partial charge in [-0.15, -0.1) is 0 Å². The number of aryl methyl sites for hydroxylation is 3. The molecule has 2 aromatic rings. The van der Waals surface area contributed by atoms with Crippen molar-refractivity contribution in [1.29, 1.82) is 0 Å². The molecule has 0 spiro atoms. The topological polar surface area (TPSA) is 68.2 Å². The quantitative estimate of drug-likeness (QED) is 0.820. The van der Waals surface area contributed by atoms with Crippen molar-refractivity contribution in [3.8, 4) is 0 Å². The summed E-state index contributed by atoms with van der Waals surface area (Å²) in [6.45, 7) is 7.68. The van der Waals surface area contributed by atoms with Gasteiger partial charge in [-0.25, -0.2) is 4.79 Å². The van der Waals surface area contributed by atoms with Crippen LogP contribution in [0.25, 0.3) is 10.9 Å². The average Bonchev–Trinajstić information content (AvgIpc) is 2.73. The number of carboxylic acids is 1. The summed E-state index contributed by atoms with van der Waals surface area (Å²) >= 11 is 0. The molecular weight excluding hydrogens is 276 g/mol. The first-order chi connectivity index (χ1) is 10.5. The Labute approximate surface area is 131 Å². The van der Waals surface area contributed by atoms with Crippen molar-refractivity contribution in [3.05, 3.63) is 34.5 Å². The summed E-state index contributed by atoms with van der Waals surface area (Å²) in [4.78, 5) is 11.4. The fraction of sp³-hybridized carbons (Fsp3) is 0.500. The minimum absolute atomic E-state index is 0.390. The third kappa shape index (κ3) is 3.02. The lowest BCUT2D eigenvalue weighted by Gasteiger charge is -2.08. The highest BCUT2D eigenvalue weighted by molar-refractivity contribution is 5.96. The van der Waals surface area contributed by atoms with Gasteiger partial charge in [0, 0.05) is 23.1 Å². The number of aromatic nitrogens is 1.